The third-order valence-electron chi connectivity index (χ3n) is 6.12. The van der Waals surface area contributed by atoms with E-state index in [4.69, 9.17) is 19.9 Å². The third-order valence-corrected chi connectivity index (χ3v) is 6.12. The molecule has 11 heteroatoms. The van der Waals surface area contributed by atoms with E-state index in [-0.39, 0.29) is 35.0 Å². The molecule has 0 saturated heterocycles. The summed E-state index contributed by atoms with van der Waals surface area (Å²) in [6.07, 6.45) is -5.90. The van der Waals surface area contributed by atoms with Gasteiger partial charge in [-0.25, -0.2) is 9.59 Å². The van der Waals surface area contributed by atoms with Crippen LogP contribution in [0.1, 0.15) is 50.3 Å². The van der Waals surface area contributed by atoms with Crippen LogP contribution in [-0.4, -0.2) is 37.9 Å². The highest BCUT2D eigenvalue weighted by molar-refractivity contribution is 6.01. The Morgan fingerprint density at radius 2 is 1.68 bits per heavy atom. The number of hydrogen-bond acceptors (Lipinski definition) is 8. The van der Waals surface area contributed by atoms with Gasteiger partial charge < -0.3 is 24.8 Å². The Morgan fingerprint density at radius 3 is 2.23 bits per heavy atom. The molecule has 3 rings (SSSR count). The van der Waals surface area contributed by atoms with Crippen LogP contribution in [0.15, 0.2) is 71.2 Å². The molecule has 40 heavy (non-hydrogen) atoms. The van der Waals surface area contributed by atoms with Crippen molar-refractivity contribution in [3.05, 3.63) is 87.9 Å². The monoisotopic (exact) mass is 557 g/mol. The van der Waals surface area contributed by atoms with E-state index in [1.165, 1.54) is 43.2 Å². The second-order valence-electron chi connectivity index (χ2n) is 9.47. The van der Waals surface area contributed by atoms with Crippen LogP contribution < -0.4 is 10.6 Å². The number of anilines is 1. The minimum atomic E-state index is -4.65. The van der Waals surface area contributed by atoms with E-state index < -0.39 is 41.8 Å². The summed E-state index contributed by atoms with van der Waals surface area (Å²) in [5, 5.41) is 9.26. The largest absolute Gasteiger partial charge is 0.460 e. The van der Waals surface area contributed by atoms with Gasteiger partial charge in [-0.15, -0.1) is 0 Å². The number of carbonyl (C=O) groups excluding carboxylic acids is 2. The quantitative estimate of drug-likeness (QED) is 0.443. The topological polar surface area (TPSA) is 115 Å². The number of esters is 2. The SMILES string of the molecule is COCC(C)OC(=O)C1=C(N)N(c2cccc(C(F)(F)F)c2)C(C)=C(C(=O)OC(C)C)C1c1ccc(C#N)cc1. The number of carbonyl (C=O) groups is 2. The standard InChI is InChI=1S/C29H30F3N3O5/c1-16(2)39-27(36)23-18(4)35(22-8-6-7-21(13-22)29(30,31)32)26(34)25(28(37)40-17(3)15-38-5)24(23)20-11-9-19(14-33)10-12-20/h6-13,16-17,24H,15,34H2,1-5H3. The Bertz CT molecular complexity index is 1370. The Morgan fingerprint density at radius 1 is 1.05 bits per heavy atom. The van der Waals surface area contributed by atoms with Crippen LogP contribution in [0.4, 0.5) is 18.9 Å². The van der Waals surface area contributed by atoms with Gasteiger partial charge in [0.05, 0.1) is 47.0 Å². The molecule has 1 heterocycles. The fourth-order valence-corrected chi connectivity index (χ4v) is 4.44. The highest BCUT2D eigenvalue weighted by atomic mass is 19.4. The number of rotatable bonds is 8. The normalized spacial score (nSPS) is 16.6. The second kappa shape index (κ2) is 12.3. The molecule has 2 N–H and O–H groups in total. The Balaban J connectivity index is 2.34. The van der Waals surface area contributed by atoms with Gasteiger partial charge in [0.1, 0.15) is 11.9 Å². The van der Waals surface area contributed by atoms with Gasteiger partial charge in [0.25, 0.3) is 0 Å². The summed E-state index contributed by atoms with van der Waals surface area (Å²) < 4.78 is 56.9. The molecule has 0 radical (unpaired) electrons. The summed E-state index contributed by atoms with van der Waals surface area (Å²) in [6.45, 7) is 6.45. The summed E-state index contributed by atoms with van der Waals surface area (Å²) in [7, 11) is 1.43. The zero-order valence-electron chi connectivity index (χ0n) is 22.7. The zero-order valence-corrected chi connectivity index (χ0v) is 22.7. The molecule has 0 fully saturated rings. The van der Waals surface area contributed by atoms with E-state index in [1.807, 2.05) is 6.07 Å². The number of nitrogens with two attached hydrogens (primary N) is 1. The van der Waals surface area contributed by atoms with Gasteiger partial charge in [-0.1, -0.05) is 18.2 Å². The van der Waals surface area contributed by atoms with Crippen LogP contribution in [0.5, 0.6) is 0 Å². The average Bonchev–Trinajstić information content (AvgIpc) is 2.87. The fourth-order valence-electron chi connectivity index (χ4n) is 4.44. The molecule has 0 amide bonds. The minimum absolute atomic E-state index is 0.0173. The lowest BCUT2D eigenvalue weighted by molar-refractivity contribution is -0.146. The minimum Gasteiger partial charge on any atom is -0.460 e. The predicted molar refractivity (Wildman–Crippen MR) is 140 cm³/mol. The highest BCUT2D eigenvalue weighted by Crippen LogP contribution is 2.44. The highest BCUT2D eigenvalue weighted by Gasteiger charge is 2.43. The first-order chi connectivity index (χ1) is 18.8. The molecule has 0 saturated carbocycles. The molecule has 0 spiro atoms. The number of alkyl halides is 3. The smallest absolute Gasteiger partial charge is 0.416 e. The maximum absolute atomic E-state index is 13.7. The van der Waals surface area contributed by atoms with E-state index in [9.17, 15) is 28.0 Å². The summed E-state index contributed by atoms with van der Waals surface area (Å²) in [4.78, 5) is 28.4. The van der Waals surface area contributed by atoms with Crippen LogP contribution in [-0.2, 0) is 30.0 Å². The lowest BCUT2D eigenvalue weighted by atomic mass is 9.80. The summed E-state index contributed by atoms with van der Waals surface area (Å²) >= 11 is 0. The van der Waals surface area contributed by atoms with Crippen molar-refractivity contribution in [2.45, 2.75) is 52.0 Å². The molecule has 1 aliphatic heterocycles. The van der Waals surface area contributed by atoms with Crippen molar-refractivity contribution in [3.8, 4) is 6.07 Å². The second-order valence-corrected chi connectivity index (χ2v) is 9.47. The van der Waals surface area contributed by atoms with Gasteiger partial charge >= 0.3 is 18.1 Å². The molecule has 2 aromatic carbocycles. The van der Waals surface area contributed by atoms with Crippen molar-refractivity contribution in [2.75, 3.05) is 18.6 Å². The van der Waals surface area contributed by atoms with Crippen molar-refractivity contribution in [2.24, 2.45) is 5.73 Å². The fraction of sp³-hybridized carbons (Fsp3) is 0.345. The maximum atomic E-state index is 13.7. The Hall–Kier alpha value is -4.30. The van der Waals surface area contributed by atoms with Crippen molar-refractivity contribution < 1.29 is 37.0 Å². The molecule has 1 aliphatic rings. The maximum Gasteiger partial charge on any atom is 0.416 e. The average molecular weight is 558 g/mol. The van der Waals surface area contributed by atoms with Crippen LogP contribution >= 0.6 is 0 Å². The number of methoxy groups -OCH3 is 1. The van der Waals surface area contributed by atoms with Crippen LogP contribution in [0.25, 0.3) is 0 Å². The molecular weight excluding hydrogens is 527 g/mol. The Kier molecular flexibility index (Phi) is 9.27. The molecule has 0 bridgehead atoms. The summed E-state index contributed by atoms with van der Waals surface area (Å²) in [6, 6.07) is 12.5. The van der Waals surface area contributed by atoms with Gasteiger partial charge in [-0.2, -0.15) is 18.4 Å². The van der Waals surface area contributed by atoms with Crippen molar-refractivity contribution in [1.29, 1.82) is 5.26 Å². The Labute approximate surface area is 230 Å². The molecular formula is C29H30F3N3O5. The van der Waals surface area contributed by atoms with E-state index in [2.05, 4.69) is 0 Å². The van der Waals surface area contributed by atoms with E-state index in [1.54, 1.807) is 32.9 Å². The molecule has 212 valence electrons. The first kappa shape index (κ1) is 30.2. The summed E-state index contributed by atoms with van der Waals surface area (Å²) in [5.41, 5.74) is 6.33. The number of benzene rings is 2. The first-order valence-corrected chi connectivity index (χ1v) is 12.4. The summed E-state index contributed by atoms with van der Waals surface area (Å²) in [5.74, 6) is -3.01. The van der Waals surface area contributed by atoms with E-state index in [0.717, 1.165) is 12.1 Å². The van der Waals surface area contributed by atoms with Crippen LogP contribution in [0.2, 0.25) is 0 Å². The molecule has 0 aromatic heterocycles. The van der Waals surface area contributed by atoms with Crippen molar-refractivity contribution in [3.63, 3.8) is 0 Å². The van der Waals surface area contributed by atoms with Gasteiger partial charge in [-0.05, 0) is 63.6 Å². The van der Waals surface area contributed by atoms with Gasteiger partial charge in [0.15, 0.2) is 0 Å². The molecule has 2 aromatic rings. The van der Waals surface area contributed by atoms with Crippen molar-refractivity contribution >= 4 is 17.6 Å². The number of allylic oxidation sites excluding steroid dienone is 1. The van der Waals surface area contributed by atoms with Crippen LogP contribution in [0.3, 0.4) is 0 Å². The lowest BCUT2D eigenvalue weighted by Crippen LogP contribution is -2.40. The molecule has 2 atom stereocenters. The molecule has 0 aliphatic carbocycles. The number of hydrogen-bond donors (Lipinski definition) is 1. The number of halogens is 3. The van der Waals surface area contributed by atoms with Crippen molar-refractivity contribution in [1.82, 2.24) is 0 Å². The molecule has 2 unspecified atom stereocenters. The van der Waals surface area contributed by atoms with Gasteiger partial charge in [-0.3, -0.25) is 0 Å². The predicted octanol–water partition coefficient (Wildman–Crippen LogP) is 5.15. The number of nitrogens with zero attached hydrogens (tertiary/aromatic N) is 2. The number of nitriles is 1. The van der Waals surface area contributed by atoms with E-state index in [0.29, 0.717) is 11.1 Å². The van der Waals surface area contributed by atoms with Gasteiger partial charge in [0.2, 0.25) is 0 Å². The lowest BCUT2D eigenvalue weighted by Gasteiger charge is -2.37. The molecule has 8 nitrogen and oxygen atoms in total. The van der Waals surface area contributed by atoms with Crippen LogP contribution in [0, 0.1) is 11.3 Å². The zero-order chi connectivity index (χ0) is 29.8. The third kappa shape index (κ3) is 6.46. The number of ether oxygens (including phenoxy) is 3. The van der Waals surface area contributed by atoms with E-state index >= 15 is 0 Å². The first-order valence-electron chi connectivity index (χ1n) is 12.4. The van der Waals surface area contributed by atoms with Gasteiger partial charge in [0, 0.05) is 18.5 Å².